The Balaban J connectivity index is 1.42. The van der Waals surface area contributed by atoms with Gasteiger partial charge in [0.2, 0.25) is 0 Å². The Morgan fingerprint density at radius 3 is 2.67 bits per heavy atom. The monoisotopic (exact) mass is 405 g/mol. The van der Waals surface area contributed by atoms with E-state index in [-0.39, 0.29) is 5.91 Å². The Bertz CT molecular complexity index is 1000. The van der Waals surface area contributed by atoms with Crippen molar-refractivity contribution in [3.8, 4) is 0 Å². The Labute approximate surface area is 175 Å². The molecule has 4 rings (SSSR count). The van der Waals surface area contributed by atoms with Crippen LogP contribution in [0.5, 0.6) is 0 Å². The molecule has 0 aliphatic carbocycles. The van der Waals surface area contributed by atoms with Crippen LogP contribution in [0.4, 0.5) is 11.5 Å². The minimum absolute atomic E-state index is 0.0856. The van der Waals surface area contributed by atoms with Crippen LogP contribution in [-0.4, -0.2) is 60.0 Å². The molecule has 1 aliphatic heterocycles. The lowest BCUT2D eigenvalue weighted by atomic mass is 10.1. The molecule has 30 heavy (non-hydrogen) atoms. The third kappa shape index (κ3) is 4.91. The van der Waals surface area contributed by atoms with Crippen LogP contribution < -0.4 is 21.7 Å². The zero-order valence-corrected chi connectivity index (χ0v) is 16.9. The largest absolute Gasteiger partial charge is 0.351 e. The van der Waals surface area contributed by atoms with Gasteiger partial charge in [0.05, 0.1) is 5.52 Å². The summed E-state index contributed by atoms with van der Waals surface area (Å²) in [6.07, 6.45) is 1.50. The number of carbonyl (C=O) groups is 1. The van der Waals surface area contributed by atoms with Crippen LogP contribution in [0.2, 0.25) is 0 Å². The van der Waals surface area contributed by atoms with Gasteiger partial charge in [0, 0.05) is 62.5 Å². The number of piperazine rings is 1. The summed E-state index contributed by atoms with van der Waals surface area (Å²) in [6, 6.07) is 13.4. The molecule has 1 aromatic heterocycles. The van der Waals surface area contributed by atoms with E-state index in [1.807, 2.05) is 36.4 Å². The number of nitrogens with zero attached hydrogens (tertiary/aromatic N) is 3. The standard InChI is InChI=1S/C22H27N7O/c23-14-16-1-4-18(5-2-16)28-21-19-6-3-17(13-20(19)26-15-27-21)22(30)25-9-12-29-10-7-24-8-11-29/h1-6,13,15,24H,7-12,14,23H2,(H,25,30)(H,26,27,28). The zero-order valence-electron chi connectivity index (χ0n) is 16.9. The molecule has 1 fully saturated rings. The average Bonchev–Trinajstić information content (AvgIpc) is 2.80. The number of benzene rings is 2. The number of nitrogens with two attached hydrogens (primary N) is 1. The number of fused-ring (bicyclic) bond motifs is 1. The van der Waals surface area contributed by atoms with Crippen LogP contribution in [0.25, 0.3) is 10.9 Å². The van der Waals surface area contributed by atoms with E-state index >= 15 is 0 Å². The molecule has 8 nitrogen and oxygen atoms in total. The van der Waals surface area contributed by atoms with E-state index in [9.17, 15) is 4.79 Å². The lowest BCUT2D eigenvalue weighted by Gasteiger charge is -2.27. The van der Waals surface area contributed by atoms with Crippen molar-refractivity contribution in [2.75, 3.05) is 44.6 Å². The molecule has 2 aromatic carbocycles. The molecule has 1 amide bonds. The van der Waals surface area contributed by atoms with Gasteiger partial charge in [-0.25, -0.2) is 9.97 Å². The predicted octanol–water partition coefficient (Wildman–Crippen LogP) is 1.47. The van der Waals surface area contributed by atoms with Gasteiger partial charge in [0.1, 0.15) is 12.1 Å². The van der Waals surface area contributed by atoms with E-state index in [1.54, 1.807) is 6.07 Å². The number of amides is 1. The van der Waals surface area contributed by atoms with E-state index < -0.39 is 0 Å². The fraction of sp³-hybridized carbons (Fsp3) is 0.318. The summed E-state index contributed by atoms with van der Waals surface area (Å²) >= 11 is 0. The van der Waals surface area contributed by atoms with Crippen LogP contribution in [0, 0.1) is 0 Å². The molecule has 1 aliphatic rings. The first-order valence-electron chi connectivity index (χ1n) is 10.2. The normalized spacial score (nSPS) is 14.6. The summed E-state index contributed by atoms with van der Waals surface area (Å²) in [4.78, 5) is 23.6. The maximum absolute atomic E-state index is 12.6. The number of hydrogen-bond acceptors (Lipinski definition) is 7. The van der Waals surface area contributed by atoms with Gasteiger partial charge >= 0.3 is 0 Å². The van der Waals surface area contributed by atoms with E-state index in [2.05, 4.69) is 30.8 Å². The average molecular weight is 406 g/mol. The molecule has 8 heteroatoms. The smallest absolute Gasteiger partial charge is 0.251 e. The summed E-state index contributed by atoms with van der Waals surface area (Å²) in [7, 11) is 0. The molecular formula is C22H27N7O. The maximum atomic E-state index is 12.6. The number of rotatable bonds is 7. The Morgan fingerprint density at radius 1 is 1.10 bits per heavy atom. The molecule has 0 spiro atoms. The first-order valence-corrected chi connectivity index (χ1v) is 10.2. The van der Waals surface area contributed by atoms with Crippen LogP contribution in [-0.2, 0) is 6.54 Å². The van der Waals surface area contributed by atoms with Gasteiger partial charge < -0.3 is 21.7 Å². The molecule has 2 heterocycles. The SMILES string of the molecule is NCc1ccc(Nc2ncnc3cc(C(=O)NCCN4CCNCC4)ccc23)cc1. The van der Waals surface area contributed by atoms with Crippen molar-refractivity contribution < 1.29 is 4.79 Å². The van der Waals surface area contributed by atoms with Crippen molar-refractivity contribution in [1.29, 1.82) is 0 Å². The summed E-state index contributed by atoms with van der Waals surface area (Å²) in [5, 5.41) is 10.5. The second kappa shape index (κ2) is 9.62. The molecule has 5 N–H and O–H groups in total. The summed E-state index contributed by atoms with van der Waals surface area (Å²) in [6.45, 7) is 6.06. The molecule has 0 bridgehead atoms. The van der Waals surface area contributed by atoms with Crippen molar-refractivity contribution in [3.05, 3.63) is 59.9 Å². The summed E-state index contributed by atoms with van der Waals surface area (Å²) < 4.78 is 0. The van der Waals surface area contributed by atoms with Crippen LogP contribution >= 0.6 is 0 Å². The Morgan fingerprint density at radius 2 is 1.90 bits per heavy atom. The minimum atomic E-state index is -0.0856. The highest BCUT2D eigenvalue weighted by Gasteiger charge is 2.12. The van der Waals surface area contributed by atoms with Crippen molar-refractivity contribution >= 4 is 28.3 Å². The highest BCUT2D eigenvalue weighted by molar-refractivity contribution is 6.00. The maximum Gasteiger partial charge on any atom is 0.251 e. The second-order valence-corrected chi connectivity index (χ2v) is 7.33. The number of carbonyl (C=O) groups excluding carboxylic acids is 1. The van der Waals surface area contributed by atoms with E-state index in [4.69, 9.17) is 5.73 Å². The molecule has 0 radical (unpaired) electrons. The lowest BCUT2D eigenvalue weighted by Crippen LogP contribution is -2.46. The number of aromatic nitrogens is 2. The Kier molecular flexibility index (Phi) is 6.48. The van der Waals surface area contributed by atoms with Gasteiger partial charge in [0.25, 0.3) is 5.91 Å². The fourth-order valence-corrected chi connectivity index (χ4v) is 3.52. The third-order valence-corrected chi connectivity index (χ3v) is 5.27. The van der Waals surface area contributed by atoms with Gasteiger partial charge in [-0.1, -0.05) is 12.1 Å². The van der Waals surface area contributed by atoms with Gasteiger partial charge in [0.15, 0.2) is 0 Å². The number of nitrogens with one attached hydrogen (secondary N) is 3. The van der Waals surface area contributed by atoms with Crippen LogP contribution in [0.15, 0.2) is 48.8 Å². The minimum Gasteiger partial charge on any atom is -0.351 e. The number of hydrogen-bond donors (Lipinski definition) is 4. The van der Waals surface area contributed by atoms with Crippen molar-refractivity contribution in [2.45, 2.75) is 6.54 Å². The Hall–Kier alpha value is -3.07. The van der Waals surface area contributed by atoms with Gasteiger partial charge in [-0.05, 0) is 35.9 Å². The highest BCUT2D eigenvalue weighted by Crippen LogP contribution is 2.24. The fourth-order valence-electron chi connectivity index (χ4n) is 3.52. The lowest BCUT2D eigenvalue weighted by molar-refractivity contribution is 0.0947. The molecule has 3 aromatic rings. The molecular weight excluding hydrogens is 378 g/mol. The van der Waals surface area contributed by atoms with E-state index in [0.717, 1.165) is 54.9 Å². The van der Waals surface area contributed by atoms with Gasteiger partial charge in [-0.3, -0.25) is 9.69 Å². The van der Waals surface area contributed by atoms with Crippen LogP contribution in [0.3, 0.4) is 0 Å². The summed E-state index contributed by atoms with van der Waals surface area (Å²) in [5.41, 5.74) is 8.96. The van der Waals surface area contributed by atoms with Crippen LogP contribution in [0.1, 0.15) is 15.9 Å². The quantitative estimate of drug-likeness (QED) is 0.471. The molecule has 0 atom stereocenters. The van der Waals surface area contributed by atoms with Crippen molar-refractivity contribution in [1.82, 2.24) is 25.5 Å². The third-order valence-electron chi connectivity index (χ3n) is 5.27. The predicted molar refractivity (Wildman–Crippen MR) is 119 cm³/mol. The first-order chi connectivity index (χ1) is 14.7. The summed E-state index contributed by atoms with van der Waals surface area (Å²) in [5.74, 6) is 0.615. The van der Waals surface area contributed by atoms with E-state index in [1.165, 1.54) is 6.33 Å². The first kappa shape index (κ1) is 20.2. The highest BCUT2D eigenvalue weighted by atomic mass is 16.1. The van der Waals surface area contributed by atoms with Crippen molar-refractivity contribution in [2.24, 2.45) is 5.73 Å². The van der Waals surface area contributed by atoms with Gasteiger partial charge in [-0.2, -0.15) is 0 Å². The van der Waals surface area contributed by atoms with E-state index in [0.29, 0.717) is 24.5 Å². The molecule has 156 valence electrons. The topological polar surface area (TPSA) is 108 Å². The van der Waals surface area contributed by atoms with Gasteiger partial charge in [-0.15, -0.1) is 0 Å². The van der Waals surface area contributed by atoms with Crippen molar-refractivity contribution in [3.63, 3.8) is 0 Å². The second-order valence-electron chi connectivity index (χ2n) is 7.33. The number of anilines is 2. The molecule has 0 unspecified atom stereocenters. The molecule has 1 saturated heterocycles. The zero-order chi connectivity index (χ0) is 20.8. The molecule has 0 saturated carbocycles.